The third kappa shape index (κ3) is 2.88. The summed E-state index contributed by atoms with van der Waals surface area (Å²) in [7, 11) is 0. The first-order chi connectivity index (χ1) is 8.80. The normalized spacial score (nSPS) is 24.5. The zero-order valence-electron chi connectivity index (χ0n) is 10.3. The van der Waals surface area contributed by atoms with Gasteiger partial charge in [-0.1, -0.05) is 6.07 Å². The van der Waals surface area contributed by atoms with E-state index in [9.17, 15) is 22.0 Å². The van der Waals surface area contributed by atoms with Crippen LogP contribution in [0.4, 0.5) is 22.0 Å². The Morgan fingerprint density at radius 2 is 1.84 bits per heavy atom. The Balaban J connectivity index is 2.30. The van der Waals surface area contributed by atoms with Crippen LogP contribution in [-0.4, -0.2) is 12.2 Å². The third-order valence-electron chi connectivity index (χ3n) is 3.45. The van der Waals surface area contributed by atoms with Crippen molar-refractivity contribution >= 4 is 0 Å². The van der Waals surface area contributed by atoms with Crippen LogP contribution in [0.5, 0.6) is 0 Å². The maximum atomic E-state index is 13.9. The van der Waals surface area contributed by atoms with Crippen molar-refractivity contribution in [3.63, 3.8) is 0 Å². The zero-order chi connectivity index (χ0) is 14.2. The van der Waals surface area contributed by atoms with Crippen LogP contribution in [0.15, 0.2) is 12.1 Å². The third-order valence-corrected chi connectivity index (χ3v) is 3.45. The van der Waals surface area contributed by atoms with Gasteiger partial charge in [0.1, 0.15) is 17.7 Å². The average Bonchev–Trinajstić information content (AvgIpc) is 2.34. The highest BCUT2D eigenvalue weighted by molar-refractivity contribution is 5.29. The molecule has 1 aliphatic heterocycles. The molecule has 0 aliphatic carbocycles. The fourth-order valence-corrected chi connectivity index (χ4v) is 2.42. The minimum absolute atomic E-state index is 0.0605. The monoisotopic (exact) mass is 279 g/mol. The van der Waals surface area contributed by atoms with Crippen molar-refractivity contribution in [1.29, 1.82) is 0 Å². The Morgan fingerprint density at radius 1 is 1.16 bits per heavy atom. The lowest BCUT2D eigenvalue weighted by atomic mass is 9.91. The molecule has 106 valence electrons. The van der Waals surface area contributed by atoms with Crippen LogP contribution in [0, 0.1) is 18.6 Å². The molecule has 1 aliphatic rings. The van der Waals surface area contributed by atoms with E-state index in [4.69, 9.17) is 0 Å². The molecule has 1 fully saturated rings. The number of halogens is 5. The largest absolute Gasteiger partial charge is 0.403 e. The van der Waals surface area contributed by atoms with E-state index in [1.165, 1.54) is 13.0 Å². The average molecular weight is 279 g/mol. The molecular formula is C13H14F5N. The van der Waals surface area contributed by atoms with E-state index >= 15 is 0 Å². The number of hydrogen-bond donors (Lipinski definition) is 1. The van der Waals surface area contributed by atoms with Crippen LogP contribution in [0.25, 0.3) is 0 Å². The Morgan fingerprint density at radius 3 is 2.47 bits per heavy atom. The van der Waals surface area contributed by atoms with Gasteiger partial charge in [-0.25, -0.2) is 8.78 Å². The number of piperidine rings is 1. The van der Waals surface area contributed by atoms with Crippen LogP contribution in [0.1, 0.15) is 36.4 Å². The van der Waals surface area contributed by atoms with Crippen LogP contribution in [-0.2, 0) is 0 Å². The fraction of sp³-hybridized carbons (Fsp3) is 0.538. The van der Waals surface area contributed by atoms with Gasteiger partial charge in [0.2, 0.25) is 0 Å². The predicted molar refractivity (Wildman–Crippen MR) is 60.7 cm³/mol. The van der Waals surface area contributed by atoms with Crippen LogP contribution >= 0.6 is 0 Å². The minimum atomic E-state index is -4.39. The van der Waals surface area contributed by atoms with E-state index in [1.807, 2.05) is 0 Å². The Labute approximate surface area is 107 Å². The van der Waals surface area contributed by atoms with E-state index in [1.54, 1.807) is 0 Å². The highest BCUT2D eigenvalue weighted by atomic mass is 19.4. The van der Waals surface area contributed by atoms with Gasteiger partial charge >= 0.3 is 6.18 Å². The van der Waals surface area contributed by atoms with Gasteiger partial charge in [0.15, 0.2) is 0 Å². The standard InChI is InChI=1S/C13H14F5N/c1-7-5-6-8(14)11(12(7)15)9-3-2-4-10(19-9)13(16,17)18/h5-6,9-10,19H,2-4H2,1H3. The first-order valence-corrected chi connectivity index (χ1v) is 6.08. The first-order valence-electron chi connectivity index (χ1n) is 6.08. The molecule has 1 aromatic rings. The van der Waals surface area contributed by atoms with Crippen molar-refractivity contribution in [3.05, 3.63) is 34.9 Å². The van der Waals surface area contributed by atoms with E-state index in [0.29, 0.717) is 6.42 Å². The highest BCUT2D eigenvalue weighted by Gasteiger charge is 2.43. The molecule has 0 radical (unpaired) electrons. The summed E-state index contributed by atoms with van der Waals surface area (Å²) in [6.07, 6.45) is -3.87. The molecule has 1 heterocycles. The quantitative estimate of drug-likeness (QED) is 0.766. The van der Waals surface area contributed by atoms with Gasteiger partial charge in [-0.2, -0.15) is 13.2 Å². The molecule has 0 bridgehead atoms. The summed E-state index contributed by atoms with van der Waals surface area (Å²) in [6.45, 7) is 1.46. The van der Waals surface area contributed by atoms with Gasteiger partial charge in [0.25, 0.3) is 0 Å². The molecule has 2 rings (SSSR count). The van der Waals surface area contributed by atoms with E-state index < -0.39 is 29.9 Å². The van der Waals surface area contributed by atoms with Gasteiger partial charge in [-0.15, -0.1) is 0 Å². The van der Waals surface area contributed by atoms with E-state index in [2.05, 4.69) is 5.32 Å². The predicted octanol–water partition coefficient (Wildman–Crippen LogP) is 4.02. The van der Waals surface area contributed by atoms with Gasteiger partial charge in [-0.3, -0.25) is 5.32 Å². The van der Waals surface area contributed by atoms with Crippen LogP contribution in [0.2, 0.25) is 0 Å². The van der Waals surface area contributed by atoms with Gasteiger partial charge < -0.3 is 0 Å². The summed E-state index contributed by atoms with van der Waals surface area (Å²) in [5, 5.41) is 2.31. The summed E-state index contributed by atoms with van der Waals surface area (Å²) in [5.41, 5.74) is -0.0544. The van der Waals surface area contributed by atoms with Crippen molar-refractivity contribution in [2.45, 2.75) is 44.4 Å². The van der Waals surface area contributed by atoms with Crippen LogP contribution < -0.4 is 5.32 Å². The number of rotatable bonds is 1. The molecule has 0 spiro atoms. The topological polar surface area (TPSA) is 12.0 Å². The second-order valence-corrected chi connectivity index (χ2v) is 4.84. The SMILES string of the molecule is Cc1ccc(F)c(C2CCCC(C(F)(F)F)N2)c1F. The van der Waals surface area contributed by atoms with Gasteiger partial charge in [0, 0.05) is 11.6 Å². The number of alkyl halides is 3. The summed E-state index contributed by atoms with van der Waals surface area (Å²) < 4.78 is 65.6. The number of aryl methyl sites for hydroxylation is 1. The van der Waals surface area contributed by atoms with Crippen molar-refractivity contribution in [2.24, 2.45) is 0 Å². The molecule has 2 atom stereocenters. The Kier molecular flexibility index (Phi) is 3.80. The molecule has 0 aromatic heterocycles. The smallest absolute Gasteiger partial charge is 0.299 e. The van der Waals surface area contributed by atoms with Gasteiger partial charge in [0.05, 0.1) is 0 Å². The van der Waals surface area contributed by atoms with Crippen molar-refractivity contribution in [2.75, 3.05) is 0 Å². The molecule has 1 N–H and O–H groups in total. The summed E-state index contributed by atoms with van der Waals surface area (Å²) in [5.74, 6) is -1.57. The molecule has 1 aromatic carbocycles. The summed E-state index contributed by atoms with van der Waals surface area (Å²) in [6, 6.07) is -0.268. The lowest BCUT2D eigenvalue weighted by Crippen LogP contribution is -2.47. The second-order valence-electron chi connectivity index (χ2n) is 4.84. The lowest BCUT2D eigenvalue weighted by molar-refractivity contribution is -0.163. The molecule has 0 saturated carbocycles. The zero-order valence-corrected chi connectivity index (χ0v) is 10.3. The molecule has 6 heteroatoms. The number of hydrogen-bond acceptors (Lipinski definition) is 1. The summed E-state index contributed by atoms with van der Waals surface area (Å²) in [4.78, 5) is 0. The van der Waals surface area contributed by atoms with Crippen molar-refractivity contribution in [3.8, 4) is 0 Å². The van der Waals surface area contributed by atoms with Crippen molar-refractivity contribution in [1.82, 2.24) is 5.32 Å². The van der Waals surface area contributed by atoms with Gasteiger partial charge in [-0.05, 0) is 37.8 Å². The highest BCUT2D eigenvalue weighted by Crippen LogP contribution is 2.35. The fourth-order valence-electron chi connectivity index (χ4n) is 2.42. The Hall–Kier alpha value is -1.17. The molecular weight excluding hydrogens is 265 g/mol. The van der Waals surface area contributed by atoms with E-state index in [0.717, 1.165) is 6.07 Å². The Bertz CT molecular complexity index is 469. The summed E-state index contributed by atoms with van der Waals surface area (Å²) >= 11 is 0. The molecule has 1 saturated heterocycles. The molecule has 0 amide bonds. The molecule has 2 unspecified atom stereocenters. The lowest BCUT2D eigenvalue weighted by Gasteiger charge is -2.33. The maximum absolute atomic E-state index is 13.9. The molecule has 1 nitrogen and oxygen atoms in total. The van der Waals surface area contributed by atoms with E-state index in [-0.39, 0.29) is 24.0 Å². The second kappa shape index (κ2) is 5.07. The minimum Gasteiger partial charge on any atom is -0.299 e. The molecule has 19 heavy (non-hydrogen) atoms. The van der Waals surface area contributed by atoms with Crippen molar-refractivity contribution < 1.29 is 22.0 Å². The maximum Gasteiger partial charge on any atom is 0.403 e. The number of nitrogens with one attached hydrogen (secondary N) is 1. The van der Waals surface area contributed by atoms with Crippen LogP contribution in [0.3, 0.4) is 0 Å². The first kappa shape index (κ1) is 14.2. The number of benzene rings is 1.